The minimum absolute atomic E-state index is 0.0679. The van der Waals surface area contributed by atoms with Gasteiger partial charge in [-0.2, -0.15) is 0 Å². The Labute approximate surface area is 177 Å². The number of nitrogens with zero attached hydrogens (tertiary/aromatic N) is 1. The number of phenols is 1. The second-order valence-electron chi connectivity index (χ2n) is 7.17. The van der Waals surface area contributed by atoms with Gasteiger partial charge in [0.1, 0.15) is 6.54 Å². The lowest BCUT2D eigenvalue weighted by Crippen LogP contribution is -2.83. The number of quaternary nitrogens is 1. The molecule has 2 heterocycles. The molecule has 1 atom stereocenters. The first-order valence-corrected chi connectivity index (χ1v) is 10.5. The molecule has 30 heavy (non-hydrogen) atoms. The highest BCUT2D eigenvalue weighted by molar-refractivity contribution is 5.56. The summed E-state index contributed by atoms with van der Waals surface area (Å²) in [7, 11) is 0. The van der Waals surface area contributed by atoms with E-state index in [1.165, 1.54) is 5.56 Å². The van der Waals surface area contributed by atoms with Gasteiger partial charge in [0, 0.05) is 23.4 Å². The third-order valence-corrected chi connectivity index (χ3v) is 5.32. The van der Waals surface area contributed by atoms with Gasteiger partial charge >= 0.3 is 0 Å². The lowest BCUT2D eigenvalue weighted by Gasteiger charge is -2.17. The maximum atomic E-state index is 10.1. The van der Waals surface area contributed by atoms with Crippen molar-refractivity contribution in [3.63, 3.8) is 0 Å². The number of ether oxygens (including phenoxy) is 3. The molecular weight excluding hydrogens is 380 g/mol. The monoisotopic (exact) mass is 409 g/mol. The van der Waals surface area contributed by atoms with Crippen LogP contribution < -0.4 is 19.5 Å². The lowest BCUT2D eigenvalue weighted by atomic mass is 10.0. The van der Waals surface area contributed by atoms with Gasteiger partial charge in [0.25, 0.3) is 0 Å². The van der Waals surface area contributed by atoms with Crippen molar-refractivity contribution < 1.29 is 24.6 Å². The Balaban J connectivity index is 1.79. The van der Waals surface area contributed by atoms with E-state index in [4.69, 9.17) is 14.2 Å². The predicted molar refractivity (Wildman–Crippen MR) is 115 cm³/mol. The standard InChI is InChI=1S/C24H28N2O4/c1-4-28-21-12-16(9-10-20(21)27)24-18-8-7-11-26(18)19-14-23(30-6-3)22(29-5-2)13-17(19)15-25-24/h7-14,24-25,27H,4-6,15H2,1-3H3/p+1/t24-/m0/s1. The summed E-state index contributed by atoms with van der Waals surface area (Å²) < 4.78 is 19.5. The summed E-state index contributed by atoms with van der Waals surface area (Å²) in [5.74, 6) is 2.22. The van der Waals surface area contributed by atoms with E-state index >= 15 is 0 Å². The number of benzene rings is 2. The van der Waals surface area contributed by atoms with Gasteiger partial charge in [0.2, 0.25) is 0 Å². The average Bonchev–Trinajstić information content (AvgIpc) is 3.16. The third kappa shape index (κ3) is 3.71. The Morgan fingerprint density at radius 2 is 1.63 bits per heavy atom. The molecule has 3 aromatic rings. The zero-order valence-electron chi connectivity index (χ0n) is 17.7. The van der Waals surface area contributed by atoms with Gasteiger partial charge in [-0.05, 0) is 57.2 Å². The van der Waals surface area contributed by atoms with Gasteiger partial charge in [0.15, 0.2) is 29.0 Å². The van der Waals surface area contributed by atoms with Crippen molar-refractivity contribution >= 4 is 0 Å². The Morgan fingerprint density at radius 1 is 0.933 bits per heavy atom. The first kappa shape index (κ1) is 20.2. The number of nitrogens with two attached hydrogens (primary N) is 1. The number of fused-ring (bicyclic) bond motifs is 3. The van der Waals surface area contributed by atoms with E-state index in [-0.39, 0.29) is 11.8 Å². The first-order valence-electron chi connectivity index (χ1n) is 10.5. The molecule has 4 rings (SSSR count). The van der Waals surface area contributed by atoms with Crippen LogP contribution in [0.1, 0.15) is 43.6 Å². The summed E-state index contributed by atoms with van der Waals surface area (Å²) >= 11 is 0. The summed E-state index contributed by atoms with van der Waals surface area (Å²) in [6.07, 6.45) is 2.08. The van der Waals surface area contributed by atoms with Crippen molar-refractivity contribution in [3.8, 4) is 28.7 Å². The third-order valence-electron chi connectivity index (χ3n) is 5.32. The molecular formula is C24H29N2O4+. The SMILES string of the molecule is CCOc1cc([C@@H]2[NH2+]Cc3cc(OCC)c(OCC)cc3-n3cccc32)ccc1O. The van der Waals surface area contributed by atoms with Crippen LogP contribution in [-0.2, 0) is 6.54 Å². The molecule has 6 heteroatoms. The molecule has 1 aliphatic heterocycles. The van der Waals surface area contributed by atoms with Gasteiger partial charge < -0.3 is 29.2 Å². The molecule has 2 aromatic carbocycles. The molecule has 3 N–H and O–H groups in total. The van der Waals surface area contributed by atoms with E-state index in [1.54, 1.807) is 6.07 Å². The van der Waals surface area contributed by atoms with E-state index in [0.29, 0.717) is 25.6 Å². The highest BCUT2D eigenvalue weighted by atomic mass is 16.5. The maximum absolute atomic E-state index is 10.1. The molecule has 1 aliphatic rings. The summed E-state index contributed by atoms with van der Waals surface area (Å²) in [5.41, 5.74) is 4.53. The fraction of sp³-hybridized carbons (Fsp3) is 0.333. The second-order valence-corrected chi connectivity index (χ2v) is 7.17. The summed E-state index contributed by atoms with van der Waals surface area (Å²) in [5, 5.41) is 12.4. The van der Waals surface area contributed by atoms with Crippen LogP contribution in [0.5, 0.6) is 23.0 Å². The quantitative estimate of drug-likeness (QED) is 0.626. The molecule has 0 aliphatic carbocycles. The summed E-state index contributed by atoms with van der Waals surface area (Å²) in [6, 6.07) is 14.0. The molecule has 0 bridgehead atoms. The van der Waals surface area contributed by atoms with Crippen molar-refractivity contribution in [2.24, 2.45) is 0 Å². The van der Waals surface area contributed by atoms with Crippen molar-refractivity contribution in [1.82, 2.24) is 4.57 Å². The Bertz CT molecular complexity index is 1030. The molecule has 0 saturated heterocycles. The fourth-order valence-electron chi connectivity index (χ4n) is 4.05. The normalized spacial score (nSPS) is 15.1. The topological polar surface area (TPSA) is 69.5 Å². The van der Waals surface area contributed by atoms with Gasteiger partial charge in [-0.15, -0.1) is 0 Å². The van der Waals surface area contributed by atoms with E-state index in [2.05, 4.69) is 40.3 Å². The highest BCUT2D eigenvalue weighted by Gasteiger charge is 2.28. The molecule has 0 spiro atoms. The van der Waals surface area contributed by atoms with Crippen LogP contribution in [0.3, 0.4) is 0 Å². The van der Waals surface area contributed by atoms with Gasteiger partial charge in [-0.1, -0.05) is 0 Å². The smallest absolute Gasteiger partial charge is 0.163 e. The van der Waals surface area contributed by atoms with Crippen LogP contribution in [0.4, 0.5) is 0 Å². The molecule has 0 unspecified atom stereocenters. The van der Waals surface area contributed by atoms with E-state index in [0.717, 1.165) is 35.0 Å². The van der Waals surface area contributed by atoms with E-state index < -0.39 is 0 Å². The maximum Gasteiger partial charge on any atom is 0.163 e. The van der Waals surface area contributed by atoms with E-state index in [9.17, 15) is 5.11 Å². The van der Waals surface area contributed by atoms with Gasteiger partial charge in [0.05, 0.1) is 31.2 Å². The number of aromatic hydroxyl groups is 1. The molecule has 0 fully saturated rings. The Kier molecular flexibility index (Phi) is 5.86. The van der Waals surface area contributed by atoms with Gasteiger partial charge in [-0.3, -0.25) is 0 Å². The minimum Gasteiger partial charge on any atom is -0.504 e. The summed E-state index contributed by atoms with van der Waals surface area (Å²) in [4.78, 5) is 0. The largest absolute Gasteiger partial charge is 0.504 e. The van der Waals surface area contributed by atoms with Crippen LogP contribution in [0.15, 0.2) is 48.7 Å². The molecule has 158 valence electrons. The average molecular weight is 410 g/mol. The number of phenolic OH excluding ortho intramolecular Hbond substituents is 1. The molecule has 0 radical (unpaired) electrons. The fourth-order valence-corrected chi connectivity index (χ4v) is 4.05. The molecule has 0 amide bonds. The molecule has 1 aromatic heterocycles. The van der Waals surface area contributed by atoms with Crippen LogP contribution in [-0.4, -0.2) is 29.5 Å². The number of hydrogen-bond donors (Lipinski definition) is 2. The molecule has 0 saturated carbocycles. The highest BCUT2D eigenvalue weighted by Crippen LogP contribution is 2.37. The second kappa shape index (κ2) is 8.71. The zero-order chi connectivity index (χ0) is 21.1. The lowest BCUT2D eigenvalue weighted by molar-refractivity contribution is -0.702. The van der Waals surface area contributed by atoms with Crippen LogP contribution >= 0.6 is 0 Å². The predicted octanol–water partition coefficient (Wildman–Crippen LogP) is 3.55. The number of hydrogen-bond acceptors (Lipinski definition) is 4. The van der Waals surface area contributed by atoms with Gasteiger partial charge in [-0.25, -0.2) is 0 Å². The van der Waals surface area contributed by atoms with Crippen LogP contribution in [0, 0.1) is 0 Å². The number of aromatic nitrogens is 1. The van der Waals surface area contributed by atoms with Crippen molar-refractivity contribution in [3.05, 3.63) is 65.5 Å². The summed E-state index contributed by atoms with van der Waals surface area (Å²) in [6.45, 7) is 8.35. The van der Waals surface area contributed by atoms with Crippen LogP contribution in [0.25, 0.3) is 5.69 Å². The van der Waals surface area contributed by atoms with Crippen molar-refractivity contribution in [2.75, 3.05) is 19.8 Å². The number of rotatable bonds is 7. The van der Waals surface area contributed by atoms with Crippen molar-refractivity contribution in [1.29, 1.82) is 0 Å². The Hall–Kier alpha value is -3.12. The zero-order valence-corrected chi connectivity index (χ0v) is 17.7. The van der Waals surface area contributed by atoms with Crippen molar-refractivity contribution in [2.45, 2.75) is 33.4 Å². The Morgan fingerprint density at radius 3 is 2.37 bits per heavy atom. The minimum atomic E-state index is 0.0679. The van der Waals surface area contributed by atoms with E-state index in [1.807, 2.05) is 32.9 Å². The first-order chi connectivity index (χ1) is 14.7. The van der Waals surface area contributed by atoms with Crippen LogP contribution in [0.2, 0.25) is 0 Å². The molecule has 6 nitrogen and oxygen atoms in total.